The molecule has 0 bridgehead atoms. The fourth-order valence-corrected chi connectivity index (χ4v) is 3.83. The number of ether oxygens (including phenoxy) is 1. The molecule has 2 aromatic rings. The van der Waals surface area contributed by atoms with Crippen molar-refractivity contribution in [2.24, 2.45) is 0 Å². The maximum Gasteiger partial charge on any atom is 0.337 e. The van der Waals surface area contributed by atoms with Crippen LogP contribution in [0, 0.1) is 6.92 Å². The van der Waals surface area contributed by atoms with Crippen LogP contribution in [0.1, 0.15) is 31.4 Å². The number of rotatable bonds is 6. The van der Waals surface area contributed by atoms with E-state index < -0.39 is 21.9 Å². The second-order valence-electron chi connectivity index (χ2n) is 5.49. The van der Waals surface area contributed by atoms with Gasteiger partial charge in [-0.25, -0.2) is 22.9 Å². The van der Waals surface area contributed by atoms with Crippen molar-refractivity contribution < 1.29 is 22.7 Å². The van der Waals surface area contributed by atoms with E-state index in [9.17, 15) is 18.0 Å². The first kappa shape index (κ1) is 20.0. The van der Waals surface area contributed by atoms with E-state index in [0.29, 0.717) is 0 Å². The van der Waals surface area contributed by atoms with Gasteiger partial charge < -0.3 is 9.64 Å². The van der Waals surface area contributed by atoms with Crippen LogP contribution in [0.3, 0.4) is 0 Å². The van der Waals surface area contributed by atoms with Gasteiger partial charge in [0.05, 0.1) is 24.1 Å². The highest BCUT2D eigenvalue weighted by atomic mass is 32.2. The van der Waals surface area contributed by atoms with Crippen LogP contribution in [0.5, 0.6) is 0 Å². The summed E-state index contributed by atoms with van der Waals surface area (Å²) in [4.78, 5) is 30.1. The van der Waals surface area contributed by atoms with Gasteiger partial charge in [-0.3, -0.25) is 4.79 Å². The Balaban J connectivity index is 2.41. The van der Waals surface area contributed by atoms with Crippen molar-refractivity contribution in [2.45, 2.75) is 18.4 Å². The molecular weight excluding hydrogens is 378 g/mol. The van der Waals surface area contributed by atoms with Crippen LogP contribution in [0.4, 0.5) is 0 Å². The van der Waals surface area contributed by atoms with Crippen LogP contribution in [0.15, 0.2) is 28.5 Å². The normalized spacial score (nSPS) is 11.2. The minimum Gasteiger partial charge on any atom is -0.465 e. The fraction of sp³-hybridized carbons (Fsp3) is 0.312. The molecule has 8 nitrogen and oxygen atoms in total. The van der Waals surface area contributed by atoms with Gasteiger partial charge in [0.25, 0.3) is 5.91 Å². The van der Waals surface area contributed by atoms with Crippen molar-refractivity contribution in [3.05, 3.63) is 45.4 Å². The molecule has 0 aliphatic heterocycles. The van der Waals surface area contributed by atoms with Crippen molar-refractivity contribution >= 4 is 33.2 Å². The van der Waals surface area contributed by atoms with Gasteiger partial charge in [-0.2, -0.15) is 0 Å². The Kier molecular flexibility index (Phi) is 6.11. The van der Waals surface area contributed by atoms with Gasteiger partial charge >= 0.3 is 5.97 Å². The van der Waals surface area contributed by atoms with Crippen molar-refractivity contribution in [1.29, 1.82) is 0 Å². The number of esters is 1. The van der Waals surface area contributed by atoms with Crippen LogP contribution >= 0.6 is 11.3 Å². The summed E-state index contributed by atoms with van der Waals surface area (Å²) in [6.45, 7) is 2.13. The number of carbonyl (C=O) groups excluding carboxylic acids is 2. The zero-order chi connectivity index (χ0) is 19.5. The Morgan fingerprint density at radius 2 is 1.92 bits per heavy atom. The van der Waals surface area contributed by atoms with Crippen LogP contribution in [-0.2, 0) is 21.3 Å². The summed E-state index contributed by atoms with van der Waals surface area (Å²) < 4.78 is 31.0. The van der Waals surface area contributed by atoms with Gasteiger partial charge in [0.2, 0.25) is 10.0 Å². The van der Waals surface area contributed by atoms with E-state index in [1.165, 1.54) is 48.6 Å². The second kappa shape index (κ2) is 7.94. The van der Waals surface area contributed by atoms with Crippen LogP contribution in [-0.4, -0.2) is 51.4 Å². The zero-order valence-corrected chi connectivity index (χ0v) is 16.4. The maximum absolute atomic E-state index is 12.7. The Hall–Kier alpha value is -2.30. The summed E-state index contributed by atoms with van der Waals surface area (Å²) in [5, 5.41) is 2.63. The standard InChI is InChI=1S/C16H19N3O5S2/c1-10-9-25-14(18-10)8-19(3)15(20)11-5-12(16(21)24-4)7-13(6-11)26(22,23)17-2/h5-7,9,17H,8H2,1-4H3. The quantitative estimate of drug-likeness (QED) is 0.739. The maximum atomic E-state index is 12.7. The number of methoxy groups -OCH3 is 1. The molecule has 0 saturated carbocycles. The van der Waals surface area contributed by atoms with E-state index >= 15 is 0 Å². The fourth-order valence-electron chi connectivity index (χ4n) is 2.20. The summed E-state index contributed by atoms with van der Waals surface area (Å²) >= 11 is 1.43. The second-order valence-corrected chi connectivity index (χ2v) is 8.32. The van der Waals surface area contributed by atoms with E-state index in [1.54, 1.807) is 7.05 Å². The molecule has 10 heteroatoms. The van der Waals surface area contributed by atoms with Gasteiger partial charge in [0, 0.05) is 23.7 Å². The van der Waals surface area contributed by atoms with E-state index in [0.717, 1.165) is 10.7 Å². The number of sulfonamides is 1. The molecule has 0 atom stereocenters. The predicted octanol–water partition coefficient (Wildman–Crippen LogP) is 1.42. The number of benzene rings is 1. The van der Waals surface area contributed by atoms with Gasteiger partial charge in [-0.05, 0) is 32.2 Å². The van der Waals surface area contributed by atoms with Gasteiger partial charge in [0.1, 0.15) is 5.01 Å². The average molecular weight is 397 g/mol. The first-order chi connectivity index (χ1) is 12.2. The van der Waals surface area contributed by atoms with Crippen molar-refractivity contribution in [1.82, 2.24) is 14.6 Å². The number of hydrogen-bond donors (Lipinski definition) is 1. The molecule has 140 valence electrons. The molecule has 0 saturated heterocycles. The molecule has 2 rings (SSSR count). The topological polar surface area (TPSA) is 106 Å². The molecule has 0 spiro atoms. The smallest absolute Gasteiger partial charge is 0.337 e. The first-order valence-corrected chi connectivity index (χ1v) is 9.87. The Morgan fingerprint density at radius 3 is 2.46 bits per heavy atom. The van der Waals surface area contributed by atoms with Gasteiger partial charge in [-0.15, -0.1) is 11.3 Å². The highest BCUT2D eigenvalue weighted by Crippen LogP contribution is 2.19. The molecule has 26 heavy (non-hydrogen) atoms. The number of nitrogens with zero attached hydrogens (tertiary/aromatic N) is 2. The lowest BCUT2D eigenvalue weighted by molar-refractivity contribution is 0.0600. The summed E-state index contributed by atoms with van der Waals surface area (Å²) in [6.07, 6.45) is 0. The number of amides is 1. The van der Waals surface area contributed by atoms with E-state index in [4.69, 9.17) is 0 Å². The molecule has 0 fully saturated rings. The number of aromatic nitrogens is 1. The Labute approximate surface area is 155 Å². The summed E-state index contributed by atoms with van der Waals surface area (Å²) in [6, 6.07) is 3.70. The molecule has 1 amide bonds. The van der Waals surface area contributed by atoms with Crippen molar-refractivity contribution in [2.75, 3.05) is 21.2 Å². The average Bonchev–Trinajstić information content (AvgIpc) is 3.04. The number of nitrogens with one attached hydrogen (secondary N) is 1. The molecule has 0 radical (unpaired) electrons. The third-order valence-electron chi connectivity index (χ3n) is 3.54. The van der Waals surface area contributed by atoms with Crippen molar-refractivity contribution in [3.8, 4) is 0 Å². The largest absolute Gasteiger partial charge is 0.465 e. The van der Waals surface area contributed by atoms with E-state index in [1.807, 2.05) is 12.3 Å². The molecule has 1 N–H and O–H groups in total. The summed E-state index contributed by atoms with van der Waals surface area (Å²) in [5.41, 5.74) is 0.907. The summed E-state index contributed by atoms with van der Waals surface area (Å²) in [7, 11) is 0.170. The lowest BCUT2D eigenvalue weighted by Crippen LogP contribution is -2.27. The van der Waals surface area contributed by atoms with E-state index in [2.05, 4.69) is 14.4 Å². The van der Waals surface area contributed by atoms with Gasteiger partial charge in [0.15, 0.2) is 0 Å². The Bertz CT molecular complexity index is 937. The third-order valence-corrected chi connectivity index (χ3v) is 5.88. The SMILES string of the molecule is CNS(=O)(=O)c1cc(C(=O)OC)cc(C(=O)N(C)Cc2nc(C)cs2)c1. The number of carbonyl (C=O) groups is 2. The predicted molar refractivity (Wildman–Crippen MR) is 96.7 cm³/mol. The lowest BCUT2D eigenvalue weighted by Gasteiger charge is -2.17. The minimum atomic E-state index is -3.84. The zero-order valence-electron chi connectivity index (χ0n) is 14.8. The molecule has 0 aliphatic carbocycles. The number of aryl methyl sites for hydroxylation is 1. The van der Waals surface area contributed by atoms with Crippen LogP contribution < -0.4 is 4.72 Å². The molecule has 1 heterocycles. The van der Waals surface area contributed by atoms with Crippen LogP contribution in [0.2, 0.25) is 0 Å². The minimum absolute atomic E-state index is 0.0225. The molecule has 0 aliphatic rings. The van der Waals surface area contributed by atoms with E-state index in [-0.39, 0.29) is 22.6 Å². The lowest BCUT2D eigenvalue weighted by atomic mass is 10.1. The molecule has 1 aromatic carbocycles. The van der Waals surface area contributed by atoms with Crippen molar-refractivity contribution in [3.63, 3.8) is 0 Å². The third kappa shape index (κ3) is 4.45. The monoisotopic (exact) mass is 397 g/mol. The molecule has 0 unspecified atom stereocenters. The highest BCUT2D eigenvalue weighted by Gasteiger charge is 2.21. The Morgan fingerprint density at radius 1 is 1.27 bits per heavy atom. The summed E-state index contributed by atoms with van der Waals surface area (Å²) in [5.74, 6) is -1.17. The highest BCUT2D eigenvalue weighted by molar-refractivity contribution is 7.89. The van der Waals surface area contributed by atoms with Gasteiger partial charge in [-0.1, -0.05) is 0 Å². The number of thiazole rings is 1. The van der Waals surface area contributed by atoms with Crippen LogP contribution in [0.25, 0.3) is 0 Å². The first-order valence-electron chi connectivity index (χ1n) is 7.51. The molecule has 1 aromatic heterocycles. The number of hydrogen-bond acceptors (Lipinski definition) is 7. The molecular formula is C16H19N3O5S2.